The predicted octanol–water partition coefficient (Wildman–Crippen LogP) is 5.44. The van der Waals surface area contributed by atoms with Gasteiger partial charge in [0, 0.05) is 55.7 Å². The van der Waals surface area contributed by atoms with E-state index in [4.69, 9.17) is 24.6 Å². The van der Waals surface area contributed by atoms with Gasteiger partial charge in [0.05, 0.1) is 42.8 Å². The van der Waals surface area contributed by atoms with Crippen LogP contribution >= 0.6 is 0 Å². The molecule has 7 rings (SSSR count). The largest absolute Gasteiger partial charge is 0.483 e. The Morgan fingerprint density at radius 1 is 1.12 bits per heavy atom. The van der Waals surface area contributed by atoms with Crippen LogP contribution in [0.4, 0.5) is 5.69 Å². The minimum Gasteiger partial charge on any atom is -0.483 e. The third-order valence-electron chi connectivity index (χ3n) is 11.6. The fourth-order valence-corrected chi connectivity index (χ4v) is 8.49. The van der Waals surface area contributed by atoms with Gasteiger partial charge in [0.25, 0.3) is 12.0 Å². The SMILES string of the molecule is Cc1cc(-c2ccc([C@@H](CC[NH+]3CCC4OCCCC4C3)CC(=O)C3=Nc4cc5c(nc4C3)CC[C@H](C(C)(C)C)C5)cc2)c[nH]c1=O.O=CO. The van der Waals surface area contributed by atoms with E-state index in [0.29, 0.717) is 42.1 Å². The lowest BCUT2D eigenvalue weighted by Crippen LogP contribution is -3.14. The number of ether oxygens (including phenoxy) is 1. The molecule has 0 bridgehead atoms. The van der Waals surface area contributed by atoms with E-state index in [0.717, 1.165) is 67.9 Å². The van der Waals surface area contributed by atoms with Crippen molar-refractivity contribution in [2.75, 3.05) is 26.2 Å². The number of ketones is 1. The lowest BCUT2D eigenvalue weighted by atomic mass is 9.71. The first-order valence-electron chi connectivity index (χ1n) is 18.5. The Balaban J connectivity index is 0.00000139. The van der Waals surface area contributed by atoms with Gasteiger partial charge < -0.3 is 19.7 Å². The quantitative estimate of drug-likeness (QED) is 0.272. The number of carbonyl (C=O) groups is 2. The molecule has 0 radical (unpaired) electrons. The molecule has 3 aromatic rings. The number of aryl methyl sites for hydroxylation is 2. The van der Waals surface area contributed by atoms with Gasteiger partial charge in [-0.15, -0.1) is 0 Å². The summed E-state index contributed by atoms with van der Waals surface area (Å²) in [7, 11) is 0. The number of rotatable bonds is 8. The lowest BCUT2D eigenvalue weighted by molar-refractivity contribution is -0.910. The Hall–Kier alpha value is -3.95. The average Bonchev–Trinajstić information content (AvgIpc) is 3.53. The van der Waals surface area contributed by atoms with Gasteiger partial charge in [-0.1, -0.05) is 45.0 Å². The van der Waals surface area contributed by atoms with Gasteiger partial charge in [-0.3, -0.25) is 19.4 Å². The molecule has 50 heavy (non-hydrogen) atoms. The topological polar surface area (TPSA) is 126 Å². The van der Waals surface area contributed by atoms with Gasteiger partial charge in [-0.25, -0.2) is 4.99 Å². The number of aromatic nitrogens is 2. The molecule has 3 unspecified atom stereocenters. The molecule has 1 aliphatic carbocycles. The zero-order valence-corrected chi connectivity index (χ0v) is 30.1. The number of piperidine rings is 1. The van der Waals surface area contributed by atoms with Crippen LogP contribution in [-0.4, -0.2) is 65.4 Å². The first kappa shape index (κ1) is 35.9. The van der Waals surface area contributed by atoms with Crippen LogP contribution < -0.4 is 10.5 Å². The van der Waals surface area contributed by atoms with Crippen LogP contribution in [0.2, 0.25) is 0 Å². The second-order valence-electron chi connectivity index (χ2n) is 15.9. The number of likely N-dealkylation sites (tertiary alicyclic amines) is 1. The Morgan fingerprint density at radius 2 is 1.90 bits per heavy atom. The van der Waals surface area contributed by atoms with Crippen molar-refractivity contribution < 1.29 is 24.3 Å². The van der Waals surface area contributed by atoms with Gasteiger partial charge in [-0.05, 0) is 90.7 Å². The number of Topliss-reactive ketones (excluding diaryl/α,β-unsaturated/α-hetero) is 1. The molecule has 2 saturated heterocycles. The van der Waals surface area contributed by atoms with Crippen molar-refractivity contribution in [1.82, 2.24) is 9.97 Å². The van der Waals surface area contributed by atoms with Crippen molar-refractivity contribution >= 4 is 23.7 Å². The van der Waals surface area contributed by atoms with Crippen molar-refractivity contribution in [2.24, 2.45) is 22.2 Å². The Kier molecular flexibility index (Phi) is 11.1. The maximum atomic E-state index is 14.0. The maximum absolute atomic E-state index is 14.0. The Bertz CT molecular complexity index is 1770. The molecule has 0 saturated carbocycles. The number of aliphatic imine (C=N–C) groups is 1. The molecule has 0 spiro atoms. The molecule has 2 fully saturated rings. The molecule has 3 N–H and O–H groups in total. The number of fused-ring (bicyclic) bond motifs is 3. The molecular weight excluding hydrogens is 628 g/mol. The summed E-state index contributed by atoms with van der Waals surface area (Å²) in [6.07, 6.45) is 11.0. The lowest BCUT2D eigenvalue weighted by Gasteiger charge is -2.39. The highest BCUT2D eigenvalue weighted by molar-refractivity contribution is 6.41. The normalized spacial score (nSPS) is 23.3. The number of nitrogens with zero attached hydrogens (tertiary/aromatic N) is 2. The monoisotopic (exact) mass is 681 g/mol. The highest BCUT2D eigenvalue weighted by atomic mass is 16.5. The third-order valence-corrected chi connectivity index (χ3v) is 11.6. The summed E-state index contributed by atoms with van der Waals surface area (Å²) in [5, 5.41) is 6.89. The number of H-pyrrole nitrogens is 1. The van der Waals surface area contributed by atoms with E-state index in [1.54, 1.807) is 11.1 Å². The number of benzene rings is 1. The van der Waals surface area contributed by atoms with Crippen LogP contribution in [0.25, 0.3) is 11.1 Å². The van der Waals surface area contributed by atoms with E-state index >= 15 is 0 Å². The number of hydrogen-bond acceptors (Lipinski definition) is 6. The van der Waals surface area contributed by atoms with Crippen molar-refractivity contribution in [3.05, 3.63) is 81.0 Å². The standard InChI is InChI=1S/C40H50N4O3.CH2O2/c1-25-18-31(23-41-39(25)46)27-9-7-26(8-10-27)28(13-15-44-16-14-38-29(24-44)6-5-17-47-38)21-37(45)36-22-35-34(43-36)20-30-19-32(40(2,3)4)11-12-33(30)42-35;2-1-3/h7-10,18,20,23,28-29,32,38H,5-6,11-17,19,21-22,24H2,1-4H3,(H,41,46);1H,(H,2,3)/p+1/t28-,29?,32-,38?;/m0./s1. The molecule has 9 nitrogen and oxygen atoms in total. The summed E-state index contributed by atoms with van der Waals surface area (Å²) >= 11 is 0. The van der Waals surface area contributed by atoms with Gasteiger partial charge >= 0.3 is 0 Å². The van der Waals surface area contributed by atoms with Crippen LogP contribution in [-0.2, 0) is 33.6 Å². The highest BCUT2D eigenvalue weighted by Crippen LogP contribution is 2.39. The minimum atomic E-state index is -0.250. The summed E-state index contributed by atoms with van der Waals surface area (Å²) in [4.78, 5) is 48.7. The van der Waals surface area contributed by atoms with Gasteiger partial charge in [0.15, 0.2) is 5.78 Å². The van der Waals surface area contributed by atoms with Gasteiger partial charge in [-0.2, -0.15) is 0 Å². The van der Waals surface area contributed by atoms with Crippen LogP contribution in [0, 0.1) is 24.2 Å². The fraction of sp³-hybridized carbons (Fsp3) is 0.537. The second kappa shape index (κ2) is 15.5. The summed E-state index contributed by atoms with van der Waals surface area (Å²) in [5.41, 5.74) is 9.22. The van der Waals surface area contributed by atoms with Crippen LogP contribution in [0.5, 0.6) is 0 Å². The number of nitrogens with one attached hydrogen (secondary N) is 2. The van der Waals surface area contributed by atoms with Gasteiger partial charge in [0.2, 0.25) is 0 Å². The molecule has 4 aliphatic rings. The zero-order chi connectivity index (χ0) is 35.4. The number of carboxylic acid groups (broad SMARTS) is 1. The number of quaternary nitrogens is 1. The number of pyridine rings is 2. The number of carbonyl (C=O) groups excluding carboxylic acids is 1. The maximum Gasteiger partial charge on any atom is 0.290 e. The van der Waals surface area contributed by atoms with Crippen LogP contribution in [0.15, 0.2) is 52.4 Å². The number of hydrogen-bond donors (Lipinski definition) is 3. The van der Waals surface area contributed by atoms with E-state index in [2.05, 4.69) is 56.1 Å². The van der Waals surface area contributed by atoms with Crippen molar-refractivity contribution in [3.63, 3.8) is 0 Å². The molecule has 266 valence electrons. The molecule has 9 heteroatoms. The van der Waals surface area contributed by atoms with E-state index in [1.165, 1.54) is 42.6 Å². The van der Waals surface area contributed by atoms with E-state index in [-0.39, 0.29) is 29.1 Å². The van der Waals surface area contributed by atoms with Crippen molar-refractivity contribution in [1.29, 1.82) is 0 Å². The van der Waals surface area contributed by atoms with Gasteiger partial charge in [0.1, 0.15) is 0 Å². The second-order valence-corrected chi connectivity index (χ2v) is 15.9. The molecule has 0 amide bonds. The molecule has 1 aromatic carbocycles. The number of aromatic amines is 1. The molecular formula is C41H53N4O5+. The molecule has 5 atom stereocenters. The van der Waals surface area contributed by atoms with E-state index < -0.39 is 0 Å². The van der Waals surface area contributed by atoms with Crippen LogP contribution in [0.3, 0.4) is 0 Å². The van der Waals surface area contributed by atoms with E-state index in [1.807, 2.05) is 13.0 Å². The summed E-state index contributed by atoms with van der Waals surface area (Å²) in [6, 6.07) is 12.8. The first-order valence-corrected chi connectivity index (χ1v) is 18.5. The smallest absolute Gasteiger partial charge is 0.290 e. The summed E-state index contributed by atoms with van der Waals surface area (Å²) in [6.45, 7) is 12.9. The predicted molar refractivity (Wildman–Crippen MR) is 196 cm³/mol. The van der Waals surface area contributed by atoms with Crippen molar-refractivity contribution in [3.8, 4) is 11.1 Å². The summed E-state index contributed by atoms with van der Waals surface area (Å²) in [5.74, 6) is 1.56. The Morgan fingerprint density at radius 3 is 2.64 bits per heavy atom. The third kappa shape index (κ3) is 8.32. The van der Waals surface area contributed by atoms with E-state index in [9.17, 15) is 9.59 Å². The molecule has 3 aliphatic heterocycles. The summed E-state index contributed by atoms with van der Waals surface area (Å²) < 4.78 is 6.08. The zero-order valence-electron chi connectivity index (χ0n) is 30.1. The minimum absolute atomic E-state index is 0.0586. The first-order chi connectivity index (χ1) is 24.0. The molecule has 5 heterocycles. The highest BCUT2D eigenvalue weighted by Gasteiger charge is 2.36. The molecule has 2 aromatic heterocycles. The fourth-order valence-electron chi connectivity index (χ4n) is 8.49. The van der Waals surface area contributed by atoms with Crippen molar-refractivity contribution in [2.45, 2.75) is 97.5 Å². The van der Waals surface area contributed by atoms with Crippen LogP contribution in [0.1, 0.15) is 93.3 Å². The average molecular weight is 682 g/mol. The Labute approximate surface area is 295 Å².